The van der Waals surface area contributed by atoms with E-state index in [0.29, 0.717) is 12.6 Å². The normalized spacial score (nSPS) is 14.9. The zero-order valence-electron chi connectivity index (χ0n) is 12.4. The molecule has 0 saturated carbocycles. The summed E-state index contributed by atoms with van der Waals surface area (Å²) in [6.45, 7) is 8.13. The van der Waals surface area contributed by atoms with Gasteiger partial charge in [0, 0.05) is 18.6 Å². The van der Waals surface area contributed by atoms with Crippen LogP contribution in [0.3, 0.4) is 0 Å². The van der Waals surface area contributed by atoms with Crippen molar-refractivity contribution in [3.8, 4) is 0 Å². The molecule has 3 heteroatoms. The minimum atomic E-state index is -0.478. The van der Waals surface area contributed by atoms with E-state index in [1.807, 2.05) is 18.2 Å². The molecule has 0 amide bonds. The molecule has 3 N–H and O–H groups in total. The number of hydrogen-bond acceptors (Lipinski definition) is 3. The van der Waals surface area contributed by atoms with E-state index >= 15 is 0 Å². The summed E-state index contributed by atoms with van der Waals surface area (Å²) >= 11 is 0. The van der Waals surface area contributed by atoms with E-state index < -0.39 is 6.10 Å². The average Bonchev–Trinajstić information content (AvgIpc) is 2.39. The Balaban J connectivity index is 2.49. The number of hydrogen-bond donors (Lipinski definition) is 2. The van der Waals surface area contributed by atoms with Crippen molar-refractivity contribution in [3.63, 3.8) is 0 Å². The lowest BCUT2D eigenvalue weighted by Crippen LogP contribution is -2.46. The van der Waals surface area contributed by atoms with Gasteiger partial charge in [-0.3, -0.25) is 4.90 Å². The summed E-state index contributed by atoms with van der Waals surface area (Å²) in [6, 6.07) is 10.3. The highest BCUT2D eigenvalue weighted by molar-refractivity contribution is 5.16. The Morgan fingerprint density at radius 2 is 1.84 bits per heavy atom. The monoisotopic (exact) mass is 264 g/mol. The Hall–Kier alpha value is -0.900. The van der Waals surface area contributed by atoms with Gasteiger partial charge in [-0.25, -0.2) is 0 Å². The third kappa shape index (κ3) is 5.72. The van der Waals surface area contributed by atoms with Gasteiger partial charge >= 0.3 is 0 Å². The molecule has 108 valence electrons. The average molecular weight is 264 g/mol. The molecule has 1 rings (SSSR count). The van der Waals surface area contributed by atoms with Gasteiger partial charge in [0.25, 0.3) is 0 Å². The fraction of sp³-hybridized carbons (Fsp3) is 0.625. The fourth-order valence-electron chi connectivity index (χ4n) is 2.25. The highest BCUT2D eigenvalue weighted by Crippen LogP contribution is 2.08. The zero-order valence-corrected chi connectivity index (χ0v) is 12.4. The van der Waals surface area contributed by atoms with Crippen LogP contribution in [0.5, 0.6) is 0 Å². The summed E-state index contributed by atoms with van der Waals surface area (Å²) in [5.74, 6) is 0. The van der Waals surface area contributed by atoms with E-state index in [4.69, 9.17) is 5.73 Å². The van der Waals surface area contributed by atoms with Crippen molar-refractivity contribution in [1.29, 1.82) is 0 Å². The number of rotatable bonds is 8. The zero-order chi connectivity index (χ0) is 14.3. The van der Waals surface area contributed by atoms with E-state index in [9.17, 15) is 5.11 Å². The predicted octanol–water partition coefficient (Wildman–Crippen LogP) is 2.04. The van der Waals surface area contributed by atoms with Crippen LogP contribution >= 0.6 is 0 Å². The summed E-state index contributed by atoms with van der Waals surface area (Å²) in [6.07, 6.45) is 1.34. The van der Waals surface area contributed by atoms with Crippen molar-refractivity contribution in [2.45, 2.75) is 51.8 Å². The van der Waals surface area contributed by atoms with Gasteiger partial charge in [-0.2, -0.15) is 0 Å². The summed E-state index contributed by atoms with van der Waals surface area (Å²) in [7, 11) is 0. The van der Waals surface area contributed by atoms with Crippen LogP contribution in [-0.2, 0) is 6.42 Å². The molecular weight excluding hydrogens is 236 g/mol. The second-order valence-electron chi connectivity index (χ2n) is 5.51. The number of aliphatic hydroxyl groups is 1. The van der Waals surface area contributed by atoms with Gasteiger partial charge in [0.05, 0.1) is 6.10 Å². The van der Waals surface area contributed by atoms with Crippen LogP contribution < -0.4 is 5.73 Å². The molecule has 2 atom stereocenters. The molecule has 0 aliphatic carbocycles. The Kier molecular flexibility index (Phi) is 7.06. The smallest absolute Gasteiger partial charge is 0.0821 e. The molecule has 0 heterocycles. The second kappa shape index (κ2) is 8.31. The van der Waals surface area contributed by atoms with Gasteiger partial charge < -0.3 is 10.8 Å². The minimum Gasteiger partial charge on any atom is -0.390 e. The van der Waals surface area contributed by atoms with E-state index in [0.717, 1.165) is 19.4 Å². The molecule has 1 aromatic carbocycles. The summed E-state index contributed by atoms with van der Waals surface area (Å²) in [5.41, 5.74) is 7.30. The third-order valence-electron chi connectivity index (χ3n) is 3.47. The van der Waals surface area contributed by atoms with Gasteiger partial charge in [0.15, 0.2) is 0 Å². The van der Waals surface area contributed by atoms with Crippen LogP contribution in [0, 0.1) is 0 Å². The molecular formula is C16H28N2O. The fourth-order valence-corrected chi connectivity index (χ4v) is 2.25. The Labute approximate surface area is 117 Å². The highest BCUT2D eigenvalue weighted by Gasteiger charge is 2.19. The van der Waals surface area contributed by atoms with Crippen molar-refractivity contribution < 1.29 is 5.11 Å². The maximum absolute atomic E-state index is 10.3. The van der Waals surface area contributed by atoms with Crippen LogP contribution in [0.1, 0.15) is 32.8 Å². The lowest BCUT2D eigenvalue weighted by atomic mass is 10.0. The largest absolute Gasteiger partial charge is 0.390 e. The topological polar surface area (TPSA) is 49.5 Å². The van der Waals surface area contributed by atoms with Gasteiger partial charge in [-0.1, -0.05) is 37.3 Å². The van der Waals surface area contributed by atoms with E-state index in [1.54, 1.807) is 0 Å². The molecule has 2 unspecified atom stereocenters. The summed E-state index contributed by atoms with van der Waals surface area (Å²) in [5, 5.41) is 10.3. The van der Waals surface area contributed by atoms with E-state index in [1.165, 1.54) is 5.56 Å². The number of aliphatic hydroxyl groups excluding tert-OH is 1. The first-order valence-corrected chi connectivity index (χ1v) is 7.26. The third-order valence-corrected chi connectivity index (χ3v) is 3.47. The molecule has 1 aromatic rings. The standard InChI is InChI=1S/C16H28N2O/c1-4-10-18(13(2)3)12-16(19)15(17)11-14-8-6-5-7-9-14/h5-9,13,15-16,19H,4,10-12,17H2,1-3H3. The summed E-state index contributed by atoms with van der Waals surface area (Å²) < 4.78 is 0. The second-order valence-corrected chi connectivity index (χ2v) is 5.51. The lowest BCUT2D eigenvalue weighted by Gasteiger charge is -2.30. The van der Waals surface area contributed by atoms with Crippen LogP contribution in [0.2, 0.25) is 0 Å². The Morgan fingerprint density at radius 3 is 2.37 bits per heavy atom. The molecule has 0 aliphatic rings. The van der Waals surface area contributed by atoms with Crippen molar-refractivity contribution in [3.05, 3.63) is 35.9 Å². The maximum atomic E-state index is 10.3. The molecule has 0 aromatic heterocycles. The maximum Gasteiger partial charge on any atom is 0.0821 e. The predicted molar refractivity (Wildman–Crippen MR) is 81.1 cm³/mol. The SMILES string of the molecule is CCCN(CC(O)C(N)Cc1ccccc1)C(C)C. The van der Waals surface area contributed by atoms with Crippen LogP contribution in [0.15, 0.2) is 30.3 Å². The first kappa shape index (κ1) is 16.2. The minimum absolute atomic E-state index is 0.208. The van der Waals surface area contributed by atoms with Gasteiger partial charge in [-0.15, -0.1) is 0 Å². The molecule has 3 nitrogen and oxygen atoms in total. The molecule has 0 radical (unpaired) electrons. The molecule has 0 bridgehead atoms. The number of benzene rings is 1. The van der Waals surface area contributed by atoms with E-state index in [-0.39, 0.29) is 6.04 Å². The highest BCUT2D eigenvalue weighted by atomic mass is 16.3. The Morgan fingerprint density at radius 1 is 1.21 bits per heavy atom. The quantitative estimate of drug-likeness (QED) is 0.755. The van der Waals surface area contributed by atoms with Crippen molar-refractivity contribution in [2.75, 3.05) is 13.1 Å². The Bertz CT molecular complexity index is 340. The van der Waals surface area contributed by atoms with Crippen molar-refractivity contribution in [1.82, 2.24) is 4.90 Å². The van der Waals surface area contributed by atoms with E-state index in [2.05, 4.69) is 37.8 Å². The van der Waals surface area contributed by atoms with Crippen LogP contribution in [0.25, 0.3) is 0 Å². The molecule has 0 fully saturated rings. The summed E-state index contributed by atoms with van der Waals surface area (Å²) in [4.78, 5) is 2.29. The molecule has 0 saturated heterocycles. The molecule has 0 aliphatic heterocycles. The number of nitrogens with two attached hydrogens (primary N) is 1. The van der Waals surface area contributed by atoms with Crippen molar-refractivity contribution >= 4 is 0 Å². The number of nitrogens with zero attached hydrogens (tertiary/aromatic N) is 1. The first-order chi connectivity index (χ1) is 9.04. The van der Waals surface area contributed by atoms with Gasteiger partial charge in [0.1, 0.15) is 0 Å². The molecule has 19 heavy (non-hydrogen) atoms. The first-order valence-electron chi connectivity index (χ1n) is 7.26. The van der Waals surface area contributed by atoms with Gasteiger partial charge in [0.2, 0.25) is 0 Å². The van der Waals surface area contributed by atoms with Crippen LogP contribution in [0.4, 0.5) is 0 Å². The van der Waals surface area contributed by atoms with Crippen LogP contribution in [-0.4, -0.2) is 41.3 Å². The van der Waals surface area contributed by atoms with Gasteiger partial charge in [-0.05, 0) is 38.8 Å². The van der Waals surface area contributed by atoms with Crippen molar-refractivity contribution in [2.24, 2.45) is 5.73 Å². The molecule has 0 spiro atoms. The lowest BCUT2D eigenvalue weighted by molar-refractivity contribution is 0.0767.